The molecule has 3 rings (SSSR count). The summed E-state index contributed by atoms with van der Waals surface area (Å²) in [5, 5.41) is 11.7. The molecule has 1 amide bonds. The van der Waals surface area contributed by atoms with Crippen LogP contribution in [0.3, 0.4) is 0 Å². The van der Waals surface area contributed by atoms with E-state index in [9.17, 15) is 14.7 Å². The Morgan fingerprint density at radius 1 is 1.12 bits per heavy atom. The number of ketones is 1. The number of aliphatic hydroxyl groups is 1. The molecule has 33 heavy (non-hydrogen) atoms. The van der Waals surface area contributed by atoms with Crippen LogP contribution in [-0.2, 0) is 9.59 Å². The van der Waals surface area contributed by atoms with Crippen LogP contribution >= 0.6 is 11.6 Å². The Morgan fingerprint density at radius 2 is 1.82 bits per heavy atom. The van der Waals surface area contributed by atoms with Gasteiger partial charge in [-0.1, -0.05) is 41.4 Å². The number of methoxy groups -OCH3 is 2. The van der Waals surface area contributed by atoms with Gasteiger partial charge in [-0.25, -0.2) is 0 Å². The molecular weight excluding hydrogens is 444 g/mol. The first kappa shape index (κ1) is 24.6. The molecule has 2 aromatic carbocycles. The zero-order chi connectivity index (χ0) is 24.3. The number of aryl methyl sites for hydroxylation is 1. The normalized spacial score (nSPS) is 17.7. The van der Waals surface area contributed by atoms with E-state index >= 15 is 0 Å². The second-order valence-electron chi connectivity index (χ2n) is 8.25. The molecule has 8 heteroatoms. The van der Waals surface area contributed by atoms with Gasteiger partial charge in [-0.3, -0.25) is 9.59 Å². The Kier molecular flexibility index (Phi) is 7.66. The highest BCUT2D eigenvalue weighted by Gasteiger charge is 2.46. The minimum Gasteiger partial charge on any atom is -0.507 e. The zero-order valence-corrected chi connectivity index (χ0v) is 20.3. The summed E-state index contributed by atoms with van der Waals surface area (Å²) >= 11 is 6.21. The van der Waals surface area contributed by atoms with Crippen molar-refractivity contribution in [2.45, 2.75) is 19.4 Å². The van der Waals surface area contributed by atoms with Crippen molar-refractivity contribution in [3.05, 3.63) is 63.7 Å². The lowest BCUT2D eigenvalue weighted by Gasteiger charge is -2.26. The fraction of sp³-hybridized carbons (Fsp3) is 0.360. The van der Waals surface area contributed by atoms with E-state index in [1.807, 2.05) is 50.2 Å². The highest BCUT2D eigenvalue weighted by molar-refractivity contribution is 6.46. The van der Waals surface area contributed by atoms with Crippen molar-refractivity contribution in [2.75, 3.05) is 41.4 Å². The van der Waals surface area contributed by atoms with Crippen LogP contribution in [0.1, 0.15) is 29.2 Å². The van der Waals surface area contributed by atoms with E-state index in [1.54, 1.807) is 0 Å². The van der Waals surface area contributed by atoms with Crippen molar-refractivity contribution < 1.29 is 24.2 Å². The number of carbonyl (C=O) groups is 2. The third-order valence-electron chi connectivity index (χ3n) is 5.63. The summed E-state index contributed by atoms with van der Waals surface area (Å²) in [5.74, 6) is -1.13. The Balaban J connectivity index is 2.20. The van der Waals surface area contributed by atoms with E-state index in [2.05, 4.69) is 0 Å². The van der Waals surface area contributed by atoms with Gasteiger partial charge in [-0.2, -0.15) is 0 Å². The van der Waals surface area contributed by atoms with Crippen molar-refractivity contribution in [1.82, 2.24) is 9.80 Å². The van der Waals surface area contributed by atoms with E-state index < -0.39 is 17.7 Å². The lowest BCUT2D eigenvalue weighted by Crippen LogP contribution is -2.32. The molecule has 0 aliphatic carbocycles. The van der Waals surface area contributed by atoms with Crippen LogP contribution in [0.2, 0.25) is 5.02 Å². The molecule has 0 saturated carbocycles. The van der Waals surface area contributed by atoms with Crippen LogP contribution in [0, 0.1) is 6.92 Å². The summed E-state index contributed by atoms with van der Waals surface area (Å²) < 4.78 is 10.7. The molecule has 1 saturated heterocycles. The van der Waals surface area contributed by atoms with Crippen LogP contribution in [-0.4, -0.2) is 68.0 Å². The summed E-state index contributed by atoms with van der Waals surface area (Å²) in [5.41, 5.74) is 1.97. The Labute approximate surface area is 199 Å². The molecule has 7 nitrogen and oxygen atoms in total. The average molecular weight is 473 g/mol. The summed E-state index contributed by atoms with van der Waals surface area (Å²) in [6.07, 6.45) is 0.681. The fourth-order valence-electron chi connectivity index (χ4n) is 4.05. The molecule has 1 fully saturated rings. The number of halogens is 1. The van der Waals surface area contributed by atoms with E-state index in [1.165, 1.54) is 31.3 Å². The smallest absolute Gasteiger partial charge is 0.295 e. The van der Waals surface area contributed by atoms with Crippen molar-refractivity contribution in [1.29, 1.82) is 0 Å². The number of benzene rings is 2. The summed E-state index contributed by atoms with van der Waals surface area (Å²) in [6, 6.07) is 9.87. The maximum absolute atomic E-state index is 13.2. The highest BCUT2D eigenvalue weighted by atomic mass is 35.5. The maximum Gasteiger partial charge on any atom is 0.295 e. The van der Waals surface area contributed by atoms with Gasteiger partial charge in [0.2, 0.25) is 0 Å². The molecule has 0 bridgehead atoms. The zero-order valence-electron chi connectivity index (χ0n) is 19.5. The topological polar surface area (TPSA) is 79.3 Å². The van der Waals surface area contributed by atoms with Crippen molar-refractivity contribution >= 4 is 29.1 Å². The fourth-order valence-corrected chi connectivity index (χ4v) is 4.28. The number of rotatable bonds is 8. The molecule has 0 spiro atoms. The van der Waals surface area contributed by atoms with Gasteiger partial charge >= 0.3 is 0 Å². The molecule has 0 aromatic heterocycles. The van der Waals surface area contributed by atoms with E-state index in [4.69, 9.17) is 21.1 Å². The highest BCUT2D eigenvalue weighted by Crippen LogP contribution is 2.43. The summed E-state index contributed by atoms with van der Waals surface area (Å²) in [6.45, 7) is 3.07. The Bertz CT molecular complexity index is 1100. The molecule has 1 atom stereocenters. The lowest BCUT2D eigenvalue weighted by atomic mass is 9.94. The molecule has 2 aromatic rings. The minimum atomic E-state index is -0.736. The number of ether oxygens (including phenoxy) is 2. The van der Waals surface area contributed by atoms with Gasteiger partial charge in [-0.05, 0) is 45.6 Å². The molecular formula is C25H29ClN2O5. The van der Waals surface area contributed by atoms with Gasteiger partial charge in [-0.15, -0.1) is 0 Å². The number of likely N-dealkylation sites (tertiary alicyclic amines) is 1. The number of aliphatic hydroxyl groups excluding tert-OH is 1. The minimum absolute atomic E-state index is 0.0122. The van der Waals surface area contributed by atoms with Gasteiger partial charge in [0.05, 0.1) is 36.4 Å². The van der Waals surface area contributed by atoms with Crippen LogP contribution < -0.4 is 9.47 Å². The van der Waals surface area contributed by atoms with Crippen molar-refractivity contribution in [3.8, 4) is 11.5 Å². The molecule has 1 aliphatic heterocycles. The van der Waals surface area contributed by atoms with Crippen molar-refractivity contribution in [3.63, 3.8) is 0 Å². The SMILES string of the molecule is COc1cc(/C(O)=C2\C(=O)C(=O)N(CCCN(C)C)C2c2cccc(C)c2)c(OC)cc1Cl. The van der Waals surface area contributed by atoms with Gasteiger partial charge in [0.15, 0.2) is 0 Å². The number of amides is 1. The summed E-state index contributed by atoms with van der Waals surface area (Å²) in [4.78, 5) is 29.8. The molecule has 1 heterocycles. The van der Waals surface area contributed by atoms with Gasteiger partial charge in [0.25, 0.3) is 11.7 Å². The average Bonchev–Trinajstić information content (AvgIpc) is 3.03. The first-order chi connectivity index (χ1) is 15.7. The van der Waals surface area contributed by atoms with E-state index in [0.717, 1.165) is 17.7 Å². The molecule has 1 aliphatic rings. The Hall–Kier alpha value is -3.03. The maximum atomic E-state index is 13.2. The van der Waals surface area contributed by atoms with Crippen LogP contribution in [0.5, 0.6) is 11.5 Å². The lowest BCUT2D eigenvalue weighted by molar-refractivity contribution is -0.139. The predicted molar refractivity (Wildman–Crippen MR) is 128 cm³/mol. The van der Waals surface area contributed by atoms with Crippen LogP contribution in [0.15, 0.2) is 42.0 Å². The monoisotopic (exact) mass is 472 g/mol. The molecule has 1 N–H and O–H groups in total. The predicted octanol–water partition coefficient (Wildman–Crippen LogP) is 4.04. The van der Waals surface area contributed by atoms with E-state index in [0.29, 0.717) is 23.7 Å². The second-order valence-corrected chi connectivity index (χ2v) is 8.66. The van der Waals surface area contributed by atoms with Crippen LogP contribution in [0.25, 0.3) is 5.76 Å². The first-order valence-electron chi connectivity index (χ1n) is 10.6. The van der Waals surface area contributed by atoms with Gasteiger partial charge < -0.3 is 24.4 Å². The molecule has 1 unspecified atom stereocenters. The standard InChI is InChI=1S/C25H29ClN2O5/c1-15-8-6-9-16(12-15)22-21(24(30)25(31)28(22)11-7-10-27(2)3)23(29)17-13-20(33-5)18(26)14-19(17)32-4/h6,8-9,12-14,22,29H,7,10-11H2,1-5H3/b23-21+. The van der Waals surface area contributed by atoms with Gasteiger partial charge in [0, 0.05) is 12.6 Å². The second kappa shape index (κ2) is 10.3. The number of hydrogen-bond acceptors (Lipinski definition) is 6. The number of carbonyl (C=O) groups excluding carboxylic acids is 2. The molecule has 0 radical (unpaired) electrons. The van der Waals surface area contributed by atoms with Gasteiger partial charge in [0.1, 0.15) is 17.3 Å². The Morgan fingerprint density at radius 3 is 2.42 bits per heavy atom. The number of hydrogen-bond donors (Lipinski definition) is 1. The largest absolute Gasteiger partial charge is 0.507 e. The van der Waals surface area contributed by atoms with Crippen LogP contribution in [0.4, 0.5) is 0 Å². The molecule has 176 valence electrons. The first-order valence-corrected chi connectivity index (χ1v) is 11.0. The third-order valence-corrected chi connectivity index (χ3v) is 5.93. The summed E-state index contributed by atoms with van der Waals surface area (Å²) in [7, 11) is 6.79. The van der Waals surface area contributed by atoms with E-state index in [-0.39, 0.29) is 22.6 Å². The third kappa shape index (κ3) is 4.99. The number of Topliss-reactive ketones (excluding diaryl/α,β-unsaturated/α-hetero) is 1. The van der Waals surface area contributed by atoms with Crippen molar-refractivity contribution in [2.24, 2.45) is 0 Å². The quantitative estimate of drug-likeness (QED) is 0.355. The number of nitrogens with zero attached hydrogens (tertiary/aromatic N) is 2.